The Kier molecular flexibility index (Phi) is 41.0. The van der Waals surface area contributed by atoms with Crippen molar-refractivity contribution in [3.05, 3.63) is 48.6 Å². The second kappa shape index (κ2) is 43.9. The lowest BCUT2D eigenvalue weighted by Crippen LogP contribution is -2.61. The van der Waals surface area contributed by atoms with E-state index in [-0.39, 0.29) is 13.0 Å². The number of hydrogen-bond acceptors (Lipinski definition) is 10. The van der Waals surface area contributed by atoms with Gasteiger partial charge in [0, 0.05) is 6.42 Å². The number of amides is 1. The third-order valence-electron chi connectivity index (χ3n) is 12.5. The van der Waals surface area contributed by atoms with Gasteiger partial charge < -0.3 is 45.1 Å². The van der Waals surface area contributed by atoms with E-state index in [4.69, 9.17) is 14.2 Å². The lowest BCUT2D eigenvalue weighted by Gasteiger charge is -2.41. The van der Waals surface area contributed by atoms with E-state index in [0.29, 0.717) is 19.3 Å². The summed E-state index contributed by atoms with van der Waals surface area (Å²) in [6.45, 7) is 5.62. The van der Waals surface area contributed by atoms with Crippen LogP contribution in [0.4, 0.5) is 0 Å². The van der Waals surface area contributed by atoms with Crippen molar-refractivity contribution in [1.29, 1.82) is 0 Å². The van der Waals surface area contributed by atoms with Crippen LogP contribution in [0.25, 0.3) is 0 Å². The van der Waals surface area contributed by atoms with Gasteiger partial charge in [0.05, 0.1) is 25.4 Å². The molecule has 11 nitrogen and oxygen atoms in total. The van der Waals surface area contributed by atoms with E-state index in [1.165, 1.54) is 96.3 Å². The Morgan fingerprint density at radius 1 is 0.606 bits per heavy atom. The first-order valence-electron chi connectivity index (χ1n) is 26.9. The van der Waals surface area contributed by atoms with E-state index in [1.54, 1.807) is 6.08 Å². The van der Waals surface area contributed by atoms with Gasteiger partial charge in [-0.1, -0.05) is 211 Å². The second-order valence-electron chi connectivity index (χ2n) is 18.6. The zero-order chi connectivity index (χ0) is 48.3. The summed E-state index contributed by atoms with van der Waals surface area (Å²) < 4.78 is 17.5. The van der Waals surface area contributed by atoms with Crippen LogP contribution >= 0.6 is 0 Å². The molecule has 0 spiro atoms. The molecule has 0 aliphatic carbocycles. The summed E-state index contributed by atoms with van der Waals surface area (Å²) in [5.74, 6) is -1.22. The van der Waals surface area contributed by atoms with Gasteiger partial charge in [-0.15, -0.1) is 0 Å². The molecule has 11 heteroatoms. The zero-order valence-corrected chi connectivity index (χ0v) is 42.1. The van der Waals surface area contributed by atoms with Gasteiger partial charge in [-0.2, -0.15) is 0 Å². The maximum Gasteiger partial charge on any atom is 0.306 e. The fourth-order valence-electron chi connectivity index (χ4n) is 8.19. The fraction of sp³-hybridized carbons (Fsp3) is 0.818. The Morgan fingerprint density at radius 3 is 1.64 bits per heavy atom. The maximum atomic E-state index is 13.3. The number of esters is 1. The van der Waals surface area contributed by atoms with Crippen molar-refractivity contribution in [2.75, 3.05) is 13.2 Å². The molecule has 0 aromatic rings. The number of aliphatic hydroxyl groups is 5. The highest BCUT2D eigenvalue weighted by atomic mass is 16.7. The van der Waals surface area contributed by atoms with Gasteiger partial charge >= 0.3 is 5.97 Å². The quantitative estimate of drug-likeness (QED) is 0.0196. The number of ether oxygens (including phenoxy) is 3. The Morgan fingerprint density at radius 2 is 1.09 bits per heavy atom. The van der Waals surface area contributed by atoms with E-state index in [1.807, 2.05) is 6.08 Å². The highest BCUT2D eigenvalue weighted by Gasteiger charge is 2.47. The van der Waals surface area contributed by atoms with E-state index in [9.17, 15) is 35.1 Å². The minimum Gasteiger partial charge on any atom is -0.454 e. The number of nitrogens with one attached hydrogen (secondary N) is 1. The topological polar surface area (TPSA) is 175 Å². The summed E-state index contributed by atoms with van der Waals surface area (Å²) in [6.07, 6.45) is 40.2. The summed E-state index contributed by atoms with van der Waals surface area (Å²) in [5.41, 5.74) is 0. The number of rotatable bonds is 44. The molecule has 0 aromatic heterocycles. The van der Waals surface area contributed by atoms with Crippen molar-refractivity contribution in [2.45, 2.75) is 275 Å². The number of hydrogen-bond donors (Lipinski definition) is 6. The predicted molar refractivity (Wildman–Crippen MR) is 269 cm³/mol. The highest BCUT2D eigenvalue weighted by Crippen LogP contribution is 2.26. The first-order chi connectivity index (χ1) is 32.2. The minimum atomic E-state index is -1.62. The molecular weight excluding hydrogens is 835 g/mol. The Labute approximate surface area is 402 Å². The first kappa shape index (κ1) is 61.6. The van der Waals surface area contributed by atoms with Crippen LogP contribution in [0.5, 0.6) is 0 Å². The zero-order valence-electron chi connectivity index (χ0n) is 42.1. The normalized spacial score (nSPS) is 20.5. The molecular formula is C55H99NO10. The first-order valence-corrected chi connectivity index (χ1v) is 26.9. The smallest absolute Gasteiger partial charge is 0.306 e. The second-order valence-corrected chi connectivity index (χ2v) is 18.6. The standard InChI is InChI=1S/C55H99NO10/c1-4-7-10-13-16-19-22-24-25-28-31-34-37-40-43-50(60)66-53-52(62)51(61)49(44-57)65-55(53)64-45-46(47(58)41-38-35-32-29-26-21-18-15-12-9-6-3)56-54(63)48(59)42-39-36-33-30-27-23-20-17-14-11-8-5-2/h7,10,16,19,24-25,38,41,46-49,51-53,55,57-59,61-62H,4-6,8-9,11-15,17-18,20-23,26-37,39-40,42-45H2,1-3H3,(H,56,63)/b10-7+,19-16+,25-24+,41-38+. The summed E-state index contributed by atoms with van der Waals surface area (Å²) in [5, 5.41) is 56.6. The van der Waals surface area contributed by atoms with Gasteiger partial charge in [0.25, 0.3) is 0 Å². The average Bonchev–Trinajstić information content (AvgIpc) is 3.31. The molecule has 1 amide bonds. The Hall–Kier alpha value is -2.38. The van der Waals surface area contributed by atoms with E-state index < -0.39 is 67.4 Å². The molecule has 0 saturated carbocycles. The van der Waals surface area contributed by atoms with Crippen LogP contribution in [0, 0.1) is 0 Å². The maximum absolute atomic E-state index is 13.3. The molecule has 8 unspecified atom stereocenters. The van der Waals surface area contributed by atoms with Crippen molar-refractivity contribution >= 4 is 11.9 Å². The SMILES string of the molecule is CC/C=C/C/C=C/C/C=C/CCCCCCC(=O)OC1C(OCC(NC(=O)C(O)CCCCCCCCCCCCCC)C(O)/C=C/CCCCCCCCCCC)OC(CO)C(O)C1O. The molecule has 1 aliphatic rings. The third kappa shape index (κ3) is 32.4. The fourth-order valence-corrected chi connectivity index (χ4v) is 8.19. The summed E-state index contributed by atoms with van der Waals surface area (Å²) in [4.78, 5) is 26.3. The largest absolute Gasteiger partial charge is 0.454 e. The van der Waals surface area contributed by atoms with Gasteiger partial charge in [0.1, 0.15) is 24.4 Å². The highest BCUT2D eigenvalue weighted by molar-refractivity contribution is 5.80. The molecule has 384 valence electrons. The van der Waals surface area contributed by atoms with Crippen molar-refractivity contribution in [2.24, 2.45) is 0 Å². The van der Waals surface area contributed by atoms with E-state index >= 15 is 0 Å². The van der Waals surface area contributed by atoms with Crippen LogP contribution in [0.2, 0.25) is 0 Å². The van der Waals surface area contributed by atoms with Crippen molar-refractivity contribution in [3.8, 4) is 0 Å². The number of carbonyl (C=O) groups is 2. The molecule has 1 aliphatic heterocycles. The monoisotopic (exact) mass is 934 g/mol. The van der Waals surface area contributed by atoms with E-state index in [0.717, 1.165) is 83.5 Å². The summed E-state index contributed by atoms with van der Waals surface area (Å²) in [7, 11) is 0. The third-order valence-corrected chi connectivity index (χ3v) is 12.5. The van der Waals surface area contributed by atoms with Crippen LogP contribution in [0.15, 0.2) is 48.6 Å². The molecule has 0 aromatic carbocycles. The Bertz CT molecular complexity index is 1260. The number of aliphatic hydroxyl groups excluding tert-OH is 5. The summed E-state index contributed by atoms with van der Waals surface area (Å²) in [6, 6.07) is -1.02. The molecule has 0 bridgehead atoms. The van der Waals surface area contributed by atoms with Gasteiger partial charge in [-0.25, -0.2) is 0 Å². The van der Waals surface area contributed by atoms with Crippen LogP contribution in [-0.4, -0.2) is 99.6 Å². The number of unbranched alkanes of at least 4 members (excludes halogenated alkanes) is 24. The predicted octanol–water partition coefficient (Wildman–Crippen LogP) is 11.3. The lowest BCUT2D eigenvalue weighted by molar-refractivity contribution is -0.305. The van der Waals surface area contributed by atoms with Gasteiger partial charge in [-0.05, 0) is 57.8 Å². The molecule has 1 fully saturated rings. The molecule has 1 heterocycles. The Balaban J connectivity index is 2.77. The lowest BCUT2D eigenvalue weighted by atomic mass is 9.99. The number of allylic oxidation sites excluding steroid dienone is 7. The van der Waals surface area contributed by atoms with Gasteiger partial charge in [-0.3, -0.25) is 9.59 Å². The van der Waals surface area contributed by atoms with Crippen LogP contribution in [0.1, 0.15) is 226 Å². The van der Waals surface area contributed by atoms with E-state index in [2.05, 4.69) is 62.5 Å². The molecule has 66 heavy (non-hydrogen) atoms. The van der Waals surface area contributed by atoms with Crippen LogP contribution in [0.3, 0.4) is 0 Å². The number of carbonyl (C=O) groups excluding carboxylic acids is 2. The van der Waals surface area contributed by atoms with Crippen molar-refractivity contribution in [1.82, 2.24) is 5.32 Å². The average molecular weight is 934 g/mol. The van der Waals surface area contributed by atoms with Crippen molar-refractivity contribution < 1.29 is 49.3 Å². The minimum absolute atomic E-state index is 0.0980. The molecule has 6 N–H and O–H groups in total. The molecule has 1 rings (SSSR count). The molecule has 0 radical (unpaired) electrons. The molecule has 1 saturated heterocycles. The van der Waals surface area contributed by atoms with Crippen LogP contribution < -0.4 is 5.32 Å². The van der Waals surface area contributed by atoms with Crippen LogP contribution in [-0.2, 0) is 23.8 Å². The van der Waals surface area contributed by atoms with Gasteiger partial charge in [0.15, 0.2) is 12.4 Å². The van der Waals surface area contributed by atoms with Crippen molar-refractivity contribution in [3.63, 3.8) is 0 Å². The summed E-state index contributed by atoms with van der Waals surface area (Å²) >= 11 is 0. The van der Waals surface area contributed by atoms with Gasteiger partial charge in [0.2, 0.25) is 5.91 Å². The molecule has 8 atom stereocenters.